The summed E-state index contributed by atoms with van der Waals surface area (Å²) in [6.07, 6.45) is 4.40. The summed E-state index contributed by atoms with van der Waals surface area (Å²) in [6, 6.07) is 0. The van der Waals surface area contributed by atoms with Gasteiger partial charge in [0.05, 0.1) is 31.1 Å². The molecular weight excluding hydrogens is 294 g/mol. The number of ether oxygens (including phenoxy) is 2. The van der Waals surface area contributed by atoms with E-state index < -0.39 is 0 Å². The smallest absolute Gasteiger partial charge is 0.274 e. The van der Waals surface area contributed by atoms with Gasteiger partial charge in [-0.3, -0.25) is 9.89 Å². The minimum Gasteiger partial charge on any atom is -0.379 e. The summed E-state index contributed by atoms with van der Waals surface area (Å²) < 4.78 is 11.6. The van der Waals surface area contributed by atoms with Gasteiger partial charge in [0.2, 0.25) is 0 Å². The molecule has 2 fully saturated rings. The average molecular weight is 319 g/mol. The fraction of sp³-hybridized carbons (Fsp3) is 0.765. The van der Waals surface area contributed by atoms with E-state index in [-0.39, 0.29) is 23.5 Å². The van der Waals surface area contributed by atoms with Gasteiger partial charge in [-0.2, -0.15) is 5.10 Å². The van der Waals surface area contributed by atoms with Crippen LogP contribution in [0.2, 0.25) is 0 Å². The number of rotatable bonds is 1. The molecule has 1 spiro atoms. The lowest BCUT2D eigenvalue weighted by molar-refractivity contribution is -0.00708. The number of aromatic nitrogens is 2. The molecule has 0 unspecified atom stereocenters. The summed E-state index contributed by atoms with van der Waals surface area (Å²) in [6.45, 7) is 6.92. The molecule has 4 rings (SSSR count). The predicted octanol–water partition coefficient (Wildman–Crippen LogP) is 2.07. The van der Waals surface area contributed by atoms with Crippen LogP contribution in [0.1, 0.15) is 61.0 Å². The van der Waals surface area contributed by atoms with Crippen LogP contribution >= 0.6 is 0 Å². The first kappa shape index (κ1) is 15.1. The molecule has 3 aliphatic rings. The van der Waals surface area contributed by atoms with Crippen LogP contribution in [-0.4, -0.2) is 53.4 Å². The first-order chi connectivity index (χ1) is 11.1. The van der Waals surface area contributed by atoms with Gasteiger partial charge in [-0.25, -0.2) is 0 Å². The van der Waals surface area contributed by atoms with Crippen molar-refractivity contribution in [2.24, 2.45) is 5.41 Å². The van der Waals surface area contributed by atoms with Crippen LogP contribution in [0.5, 0.6) is 0 Å². The number of hydrogen-bond donors (Lipinski definition) is 1. The summed E-state index contributed by atoms with van der Waals surface area (Å²) in [5, 5.41) is 7.37. The molecule has 0 bridgehead atoms. The zero-order valence-corrected chi connectivity index (χ0v) is 13.9. The van der Waals surface area contributed by atoms with Gasteiger partial charge in [0.15, 0.2) is 5.69 Å². The van der Waals surface area contributed by atoms with Crippen molar-refractivity contribution >= 4 is 5.91 Å². The molecule has 1 aliphatic carbocycles. The predicted molar refractivity (Wildman–Crippen MR) is 84.3 cm³/mol. The van der Waals surface area contributed by atoms with Crippen LogP contribution < -0.4 is 0 Å². The third-order valence-electron chi connectivity index (χ3n) is 5.58. The molecule has 1 amide bonds. The summed E-state index contributed by atoms with van der Waals surface area (Å²) >= 11 is 0. The Morgan fingerprint density at radius 3 is 2.96 bits per heavy atom. The van der Waals surface area contributed by atoms with Gasteiger partial charge in [-0.1, -0.05) is 6.42 Å². The van der Waals surface area contributed by atoms with Crippen molar-refractivity contribution in [2.45, 2.75) is 51.7 Å². The Kier molecular flexibility index (Phi) is 3.69. The molecule has 3 heterocycles. The van der Waals surface area contributed by atoms with Gasteiger partial charge in [-0.15, -0.1) is 0 Å². The normalized spacial score (nSPS) is 29.7. The number of aromatic amines is 1. The highest BCUT2D eigenvalue weighted by atomic mass is 16.5. The third-order valence-corrected chi connectivity index (χ3v) is 5.58. The standard InChI is InChI=1S/C17H25N3O3/c1-11-8-13-14(12(2)23-11)18-19-15(13)16(21)20-6-7-22-10-17(9-20)4-3-5-17/h11-12H,3-10H2,1-2H3,(H,18,19)/t11-,12+/m1/s1. The number of nitrogens with zero attached hydrogens (tertiary/aromatic N) is 2. The molecule has 1 N–H and O–H groups in total. The third kappa shape index (κ3) is 2.58. The second-order valence-corrected chi connectivity index (χ2v) is 7.39. The monoisotopic (exact) mass is 319 g/mol. The SMILES string of the molecule is C[C@@H]1Cc2c(C(=O)N3CCOCC4(CCC4)C3)n[nH]c2[C@H](C)O1. The second kappa shape index (κ2) is 5.60. The van der Waals surface area contributed by atoms with Crippen LogP contribution in [-0.2, 0) is 15.9 Å². The van der Waals surface area contributed by atoms with Crippen molar-refractivity contribution in [1.82, 2.24) is 15.1 Å². The number of amides is 1. The van der Waals surface area contributed by atoms with Gasteiger partial charge < -0.3 is 14.4 Å². The van der Waals surface area contributed by atoms with Crippen molar-refractivity contribution in [3.05, 3.63) is 17.0 Å². The number of hydrogen-bond acceptors (Lipinski definition) is 4. The van der Waals surface area contributed by atoms with Crippen LogP contribution in [0.4, 0.5) is 0 Å². The van der Waals surface area contributed by atoms with Crippen LogP contribution in [0.15, 0.2) is 0 Å². The molecular formula is C17H25N3O3. The molecule has 0 radical (unpaired) electrons. The molecule has 6 heteroatoms. The Balaban J connectivity index is 1.59. The molecule has 1 aromatic heterocycles. The Bertz CT molecular complexity index is 608. The molecule has 1 saturated heterocycles. The van der Waals surface area contributed by atoms with Crippen LogP contribution in [0.25, 0.3) is 0 Å². The van der Waals surface area contributed by atoms with Crippen molar-refractivity contribution in [1.29, 1.82) is 0 Å². The Labute approximate surface area is 136 Å². The van der Waals surface area contributed by atoms with Crippen LogP contribution in [0, 0.1) is 5.41 Å². The van der Waals surface area contributed by atoms with E-state index in [9.17, 15) is 4.79 Å². The number of fused-ring (bicyclic) bond motifs is 1. The quantitative estimate of drug-likeness (QED) is 0.860. The molecule has 0 aromatic carbocycles. The average Bonchev–Trinajstić information content (AvgIpc) is 2.76. The number of H-pyrrole nitrogens is 1. The highest BCUT2D eigenvalue weighted by Gasteiger charge is 2.42. The Morgan fingerprint density at radius 2 is 2.22 bits per heavy atom. The number of carbonyl (C=O) groups is 1. The summed E-state index contributed by atoms with van der Waals surface area (Å²) in [5.74, 6) is 0.0422. The molecule has 1 aromatic rings. The van der Waals surface area contributed by atoms with Gasteiger partial charge in [0.25, 0.3) is 5.91 Å². The molecule has 6 nitrogen and oxygen atoms in total. The minimum absolute atomic E-state index is 0.0340. The first-order valence-electron chi connectivity index (χ1n) is 8.68. The van der Waals surface area contributed by atoms with E-state index in [4.69, 9.17) is 9.47 Å². The topological polar surface area (TPSA) is 67.5 Å². The maximum atomic E-state index is 13.1. The summed E-state index contributed by atoms with van der Waals surface area (Å²) in [4.78, 5) is 15.0. The van der Waals surface area contributed by atoms with E-state index in [2.05, 4.69) is 10.2 Å². The summed E-state index contributed by atoms with van der Waals surface area (Å²) in [5.41, 5.74) is 2.76. The fourth-order valence-corrected chi connectivity index (χ4v) is 4.15. The highest BCUT2D eigenvalue weighted by molar-refractivity contribution is 5.94. The lowest BCUT2D eigenvalue weighted by Crippen LogP contribution is -2.45. The van der Waals surface area contributed by atoms with Gasteiger partial charge in [0.1, 0.15) is 0 Å². The fourth-order valence-electron chi connectivity index (χ4n) is 4.15. The minimum atomic E-state index is -0.0340. The van der Waals surface area contributed by atoms with Crippen LogP contribution in [0.3, 0.4) is 0 Å². The first-order valence-corrected chi connectivity index (χ1v) is 8.68. The lowest BCUT2D eigenvalue weighted by atomic mass is 9.69. The molecule has 23 heavy (non-hydrogen) atoms. The van der Waals surface area contributed by atoms with Gasteiger partial charge in [-0.05, 0) is 26.7 Å². The lowest BCUT2D eigenvalue weighted by Gasteiger charge is -2.42. The highest BCUT2D eigenvalue weighted by Crippen LogP contribution is 2.43. The van der Waals surface area contributed by atoms with Gasteiger partial charge >= 0.3 is 0 Å². The molecule has 1 saturated carbocycles. The van der Waals surface area contributed by atoms with E-state index in [0.29, 0.717) is 18.8 Å². The largest absolute Gasteiger partial charge is 0.379 e. The Morgan fingerprint density at radius 1 is 1.39 bits per heavy atom. The zero-order chi connectivity index (χ0) is 16.0. The Hall–Kier alpha value is -1.40. The maximum absolute atomic E-state index is 13.1. The van der Waals surface area contributed by atoms with E-state index in [1.165, 1.54) is 6.42 Å². The maximum Gasteiger partial charge on any atom is 0.274 e. The van der Waals surface area contributed by atoms with E-state index in [1.54, 1.807) is 0 Å². The zero-order valence-electron chi connectivity index (χ0n) is 13.9. The summed E-state index contributed by atoms with van der Waals surface area (Å²) in [7, 11) is 0. The molecule has 2 aliphatic heterocycles. The van der Waals surface area contributed by atoms with E-state index >= 15 is 0 Å². The van der Waals surface area contributed by atoms with E-state index in [1.807, 2.05) is 18.7 Å². The van der Waals surface area contributed by atoms with E-state index in [0.717, 1.165) is 43.7 Å². The van der Waals surface area contributed by atoms with Crippen molar-refractivity contribution in [2.75, 3.05) is 26.3 Å². The molecule has 126 valence electrons. The molecule has 2 atom stereocenters. The van der Waals surface area contributed by atoms with Crippen molar-refractivity contribution < 1.29 is 14.3 Å². The number of carbonyl (C=O) groups excluding carboxylic acids is 1. The second-order valence-electron chi connectivity index (χ2n) is 7.39. The van der Waals surface area contributed by atoms with Gasteiger partial charge in [0, 0.05) is 30.5 Å². The van der Waals surface area contributed by atoms with Crippen molar-refractivity contribution in [3.8, 4) is 0 Å². The number of nitrogens with one attached hydrogen (secondary N) is 1. The van der Waals surface area contributed by atoms with Crippen molar-refractivity contribution in [3.63, 3.8) is 0 Å².